The highest BCUT2D eigenvalue weighted by Crippen LogP contribution is 2.48. The number of aryl methyl sites for hydroxylation is 1. The predicted octanol–water partition coefficient (Wildman–Crippen LogP) is 4.83. The molecule has 0 saturated heterocycles. The van der Waals surface area contributed by atoms with E-state index >= 15 is 0 Å². The second-order valence-electron chi connectivity index (χ2n) is 9.29. The summed E-state index contributed by atoms with van der Waals surface area (Å²) in [6, 6.07) is 13.6. The van der Waals surface area contributed by atoms with E-state index in [0.717, 1.165) is 23.4 Å². The van der Waals surface area contributed by atoms with Gasteiger partial charge in [-0.25, -0.2) is 0 Å². The number of hydrogen-bond donors (Lipinski definition) is 1. The Morgan fingerprint density at radius 3 is 2.61 bits per heavy atom. The molecule has 31 heavy (non-hydrogen) atoms. The van der Waals surface area contributed by atoms with E-state index < -0.39 is 17.8 Å². The molecule has 0 radical (unpaired) electrons. The van der Waals surface area contributed by atoms with Crippen LogP contribution in [-0.2, 0) is 20.7 Å². The average molecular weight is 420 g/mol. The molecular formula is C26H29NO4. The summed E-state index contributed by atoms with van der Waals surface area (Å²) >= 11 is 0. The third-order valence-electron chi connectivity index (χ3n) is 6.05. The van der Waals surface area contributed by atoms with Gasteiger partial charge in [0.15, 0.2) is 5.78 Å². The van der Waals surface area contributed by atoms with Crippen LogP contribution < -0.4 is 5.32 Å². The Labute approximate surface area is 183 Å². The van der Waals surface area contributed by atoms with Gasteiger partial charge < -0.3 is 14.5 Å². The van der Waals surface area contributed by atoms with Crippen LogP contribution in [0, 0.1) is 18.3 Å². The van der Waals surface area contributed by atoms with Crippen molar-refractivity contribution in [1.82, 2.24) is 5.32 Å². The summed E-state index contributed by atoms with van der Waals surface area (Å²) < 4.78 is 11.6. The number of carbonyl (C=O) groups is 2. The number of allylic oxidation sites excluding steroid dienone is 2. The molecule has 2 heterocycles. The fourth-order valence-corrected chi connectivity index (χ4v) is 4.66. The number of rotatable bonds is 5. The second kappa shape index (κ2) is 8.22. The van der Waals surface area contributed by atoms with Gasteiger partial charge in [-0.05, 0) is 36.5 Å². The minimum Gasteiger partial charge on any atom is -0.466 e. The second-order valence-corrected chi connectivity index (χ2v) is 9.29. The van der Waals surface area contributed by atoms with Gasteiger partial charge in [-0.1, -0.05) is 50.8 Å². The van der Waals surface area contributed by atoms with Crippen molar-refractivity contribution in [2.75, 3.05) is 6.61 Å². The van der Waals surface area contributed by atoms with Gasteiger partial charge in [0.2, 0.25) is 0 Å². The number of Topliss-reactive ketones (excluding diaryl/α,β-unsaturated/α-hetero) is 1. The van der Waals surface area contributed by atoms with Gasteiger partial charge >= 0.3 is 5.97 Å². The zero-order valence-corrected chi connectivity index (χ0v) is 18.4. The van der Waals surface area contributed by atoms with E-state index in [1.165, 1.54) is 0 Å². The number of benzene rings is 1. The standard InChI is InChI=1S/C26H29NO4/c1-16-10-11-21(31-16)24-22(25(29)30-13-12-18-8-6-5-7-9-18)17(2)27-19-14-26(3,4)15-20(28)23(19)24/h5-11,22,24,27H,2,12-15H2,1,3-4H3. The van der Waals surface area contributed by atoms with E-state index in [2.05, 4.69) is 25.7 Å². The van der Waals surface area contributed by atoms with Crippen LogP contribution in [0.15, 0.2) is 70.4 Å². The SMILES string of the molecule is C=C1NC2=C(C(=O)CC(C)(C)C2)C(c2ccc(C)o2)C1C(=O)OCCc1ccccc1. The van der Waals surface area contributed by atoms with Crippen LogP contribution in [0.3, 0.4) is 0 Å². The summed E-state index contributed by atoms with van der Waals surface area (Å²) in [6.07, 6.45) is 1.79. The maximum absolute atomic E-state index is 13.2. The van der Waals surface area contributed by atoms with Crippen molar-refractivity contribution in [1.29, 1.82) is 0 Å². The monoisotopic (exact) mass is 419 g/mol. The number of carbonyl (C=O) groups excluding carboxylic acids is 2. The third kappa shape index (κ3) is 4.36. The number of ether oxygens (including phenoxy) is 1. The van der Waals surface area contributed by atoms with Crippen LogP contribution in [0.4, 0.5) is 0 Å². The van der Waals surface area contributed by atoms with Gasteiger partial charge in [-0.3, -0.25) is 9.59 Å². The first kappa shape index (κ1) is 21.2. The number of furan rings is 1. The fraction of sp³-hybridized carbons (Fsp3) is 0.385. The first-order valence-corrected chi connectivity index (χ1v) is 10.7. The maximum atomic E-state index is 13.2. The Morgan fingerprint density at radius 2 is 1.94 bits per heavy atom. The molecule has 1 aliphatic heterocycles. The third-order valence-corrected chi connectivity index (χ3v) is 6.05. The predicted molar refractivity (Wildman–Crippen MR) is 118 cm³/mol. The Hall–Kier alpha value is -3.08. The molecule has 2 aromatic rings. The molecule has 1 aromatic carbocycles. The number of hydrogen-bond acceptors (Lipinski definition) is 5. The molecular weight excluding hydrogens is 390 g/mol. The van der Waals surface area contributed by atoms with Crippen LogP contribution in [0.2, 0.25) is 0 Å². The Balaban J connectivity index is 1.63. The highest BCUT2D eigenvalue weighted by atomic mass is 16.5. The normalized spacial score (nSPS) is 22.7. The van der Waals surface area contributed by atoms with E-state index in [1.54, 1.807) is 0 Å². The molecule has 1 aliphatic carbocycles. The van der Waals surface area contributed by atoms with Gasteiger partial charge in [-0.2, -0.15) is 0 Å². The van der Waals surface area contributed by atoms with Gasteiger partial charge in [0, 0.05) is 29.8 Å². The Bertz CT molecular complexity index is 1040. The number of nitrogens with one attached hydrogen (secondary N) is 1. The molecule has 1 N–H and O–H groups in total. The minimum absolute atomic E-state index is 0.0485. The lowest BCUT2D eigenvalue weighted by atomic mass is 9.67. The largest absolute Gasteiger partial charge is 0.466 e. The van der Waals surface area contributed by atoms with Crippen LogP contribution in [0.5, 0.6) is 0 Å². The van der Waals surface area contributed by atoms with Crippen molar-refractivity contribution < 1.29 is 18.7 Å². The molecule has 1 aromatic heterocycles. The molecule has 0 bridgehead atoms. The lowest BCUT2D eigenvalue weighted by Gasteiger charge is -2.41. The summed E-state index contributed by atoms with van der Waals surface area (Å²) in [4.78, 5) is 26.4. The van der Waals surface area contributed by atoms with E-state index in [4.69, 9.17) is 9.15 Å². The number of ketones is 1. The molecule has 0 fully saturated rings. The van der Waals surface area contributed by atoms with Crippen molar-refractivity contribution in [3.05, 3.63) is 83.1 Å². The van der Waals surface area contributed by atoms with Crippen LogP contribution in [0.25, 0.3) is 0 Å². The first-order valence-electron chi connectivity index (χ1n) is 10.7. The molecule has 162 valence electrons. The Kier molecular flexibility index (Phi) is 5.61. The molecule has 0 amide bonds. The number of esters is 1. The molecule has 0 saturated carbocycles. The van der Waals surface area contributed by atoms with E-state index in [1.807, 2.05) is 49.4 Å². The molecule has 0 spiro atoms. The van der Waals surface area contributed by atoms with Crippen molar-refractivity contribution in [2.45, 2.75) is 46.0 Å². The summed E-state index contributed by atoms with van der Waals surface area (Å²) in [5, 5.41) is 3.27. The maximum Gasteiger partial charge on any atom is 0.316 e. The van der Waals surface area contributed by atoms with E-state index in [9.17, 15) is 9.59 Å². The van der Waals surface area contributed by atoms with E-state index in [0.29, 0.717) is 29.9 Å². The fourth-order valence-electron chi connectivity index (χ4n) is 4.66. The zero-order chi connectivity index (χ0) is 22.2. The van der Waals surface area contributed by atoms with Gasteiger partial charge in [0.1, 0.15) is 17.4 Å². The summed E-state index contributed by atoms with van der Waals surface area (Å²) in [5.41, 5.74) is 2.98. The van der Waals surface area contributed by atoms with Crippen LogP contribution >= 0.6 is 0 Å². The highest BCUT2D eigenvalue weighted by Gasteiger charge is 2.47. The Morgan fingerprint density at radius 1 is 1.19 bits per heavy atom. The molecule has 2 aliphatic rings. The molecule has 2 unspecified atom stereocenters. The average Bonchev–Trinajstić information content (AvgIpc) is 3.12. The molecule has 4 rings (SSSR count). The summed E-state index contributed by atoms with van der Waals surface area (Å²) in [6.45, 7) is 10.4. The van der Waals surface area contributed by atoms with Crippen molar-refractivity contribution in [3.63, 3.8) is 0 Å². The van der Waals surface area contributed by atoms with E-state index in [-0.39, 0.29) is 17.8 Å². The van der Waals surface area contributed by atoms with Gasteiger partial charge in [0.25, 0.3) is 0 Å². The summed E-state index contributed by atoms with van der Waals surface area (Å²) in [5.74, 6) is -0.244. The highest BCUT2D eigenvalue weighted by molar-refractivity contribution is 6.00. The lowest BCUT2D eigenvalue weighted by molar-refractivity contribution is -0.148. The zero-order valence-electron chi connectivity index (χ0n) is 18.4. The van der Waals surface area contributed by atoms with Gasteiger partial charge in [0.05, 0.1) is 12.5 Å². The molecule has 5 nitrogen and oxygen atoms in total. The van der Waals surface area contributed by atoms with Crippen molar-refractivity contribution >= 4 is 11.8 Å². The minimum atomic E-state index is -0.717. The summed E-state index contributed by atoms with van der Waals surface area (Å²) in [7, 11) is 0. The molecule has 5 heteroatoms. The van der Waals surface area contributed by atoms with Crippen molar-refractivity contribution in [2.24, 2.45) is 11.3 Å². The quantitative estimate of drug-likeness (QED) is 0.703. The van der Waals surface area contributed by atoms with Gasteiger partial charge in [-0.15, -0.1) is 0 Å². The van der Waals surface area contributed by atoms with Crippen LogP contribution in [-0.4, -0.2) is 18.4 Å². The van der Waals surface area contributed by atoms with Crippen LogP contribution in [0.1, 0.15) is 49.7 Å². The smallest absolute Gasteiger partial charge is 0.316 e. The molecule has 2 atom stereocenters. The lowest BCUT2D eigenvalue weighted by Crippen LogP contribution is -2.43. The topological polar surface area (TPSA) is 68.5 Å². The first-order chi connectivity index (χ1) is 14.7. The van der Waals surface area contributed by atoms with Crippen molar-refractivity contribution in [3.8, 4) is 0 Å².